The van der Waals surface area contributed by atoms with Crippen molar-refractivity contribution in [3.63, 3.8) is 0 Å². The molecule has 0 radical (unpaired) electrons. The van der Waals surface area contributed by atoms with Gasteiger partial charge in [-0.25, -0.2) is 13.6 Å². The lowest BCUT2D eigenvalue weighted by atomic mass is 10.1. The van der Waals surface area contributed by atoms with E-state index in [1.807, 2.05) is 0 Å². The number of nitrogens with one attached hydrogen (secondary N) is 2. The SMILES string of the molecule is CCNC(=O)NCCOC(=O)C1CC1c1cc(F)ccc1F. The molecular formula is C15H18F2N2O3. The molecule has 22 heavy (non-hydrogen) atoms. The van der Waals surface area contributed by atoms with Gasteiger partial charge in [0.1, 0.15) is 18.2 Å². The van der Waals surface area contributed by atoms with E-state index in [1.165, 1.54) is 0 Å². The molecule has 0 saturated heterocycles. The van der Waals surface area contributed by atoms with E-state index in [4.69, 9.17) is 4.74 Å². The fourth-order valence-corrected chi connectivity index (χ4v) is 2.24. The molecule has 0 aliphatic heterocycles. The third-order valence-corrected chi connectivity index (χ3v) is 3.42. The molecule has 5 nitrogen and oxygen atoms in total. The van der Waals surface area contributed by atoms with Crippen LogP contribution >= 0.6 is 0 Å². The summed E-state index contributed by atoms with van der Waals surface area (Å²) in [7, 11) is 0. The number of ether oxygens (including phenoxy) is 1. The number of carbonyl (C=O) groups excluding carboxylic acids is 2. The number of rotatable bonds is 6. The predicted molar refractivity (Wildman–Crippen MR) is 75.2 cm³/mol. The molecule has 2 amide bonds. The summed E-state index contributed by atoms with van der Waals surface area (Å²) in [5.74, 6) is -2.27. The Morgan fingerprint density at radius 3 is 2.82 bits per heavy atom. The summed E-state index contributed by atoms with van der Waals surface area (Å²) >= 11 is 0. The Morgan fingerprint density at radius 2 is 2.09 bits per heavy atom. The maximum Gasteiger partial charge on any atom is 0.314 e. The normalized spacial score (nSPS) is 19.4. The van der Waals surface area contributed by atoms with E-state index in [0.29, 0.717) is 13.0 Å². The quantitative estimate of drug-likeness (QED) is 0.623. The van der Waals surface area contributed by atoms with Crippen LogP contribution in [0.3, 0.4) is 0 Å². The van der Waals surface area contributed by atoms with Gasteiger partial charge in [0.15, 0.2) is 0 Å². The molecule has 1 fully saturated rings. The van der Waals surface area contributed by atoms with Gasteiger partial charge in [-0.2, -0.15) is 0 Å². The molecule has 2 N–H and O–H groups in total. The maximum atomic E-state index is 13.6. The summed E-state index contributed by atoms with van der Waals surface area (Å²) < 4.78 is 31.7. The molecule has 2 rings (SSSR count). The predicted octanol–water partition coefficient (Wildman–Crippen LogP) is 1.93. The Morgan fingerprint density at radius 1 is 1.32 bits per heavy atom. The van der Waals surface area contributed by atoms with Gasteiger partial charge in [0.2, 0.25) is 0 Å². The molecule has 0 spiro atoms. The molecule has 120 valence electrons. The summed E-state index contributed by atoms with van der Waals surface area (Å²) in [6, 6.07) is 2.89. The lowest BCUT2D eigenvalue weighted by molar-refractivity contribution is -0.145. The van der Waals surface area contributed by atoms with Crippen LogP contribution in [-0.2, 0) is 9.53 Å². The van der Waals surface area contributed by atoms with Crippen LogP contribution in [0, 0.1) is 17.6 Å². The Labute approximate surface area is 127 Å². The number of urea groups is 1. The Balaban J connectivity index is 1.74. The largest absolute Gasteiger partial charge is 0.464 e. The summed E-state index contributed by atoms with van der Waals surface area (Å²) in [5, 5.41) is 5.06. The van der Waals surface area contributed by atoms with Crippen LogP contribution in [0.5, 0.6) is 0 Å². The van der Waals surface area contributed by atoms with Crippen LogP contribution in [0.15, 0.2) is 18.2 Å². The van der Waals surface area contributed by atoms with E-state index < -0.39 is 23.5 Å². The third-order valence-electron chi connectivity index (χ3n) is 3.42. The van der Waals surface area contributed by atoms with Crippen LogP contribution in [0.25, 0.3) is 0 Å². The van der Waals surface area contributed by atoms with Crippen molar-refractivity contribution in [3.8, 4) is 0 Å². The first-order valence-corrected chi connectivity index (χ1v) is 7.16. The van der Waals surface area contributed by atoms with Crippen LogP contribution < -0.4 is 10.6 Å². The van der Waals surface area contributed by atoms with Crippen LogP contribution in [0.1, 0.15) is 24.8 Å². The average molecular weight is 312 g/mol. The van der Waals surface area contributed by atoms with Crippen molar-refractivity contribution in [2.45, 2.75) is 19.3 Å². The van der Waals surface area contributed by atoms with E-state index in [9.17, 15) is 18.4 Å². The number of halogens is 2. The molecule has 1 aromatic rings. The van der Waals surface area contributed by atoms with Gasteiger partial charge in [0.05, 0.1) is 12.5 Å². The molecule has 0 bridgehead atoms. The van der Waals surface area contributed by atoms with Gasteiger partial charge in [0.25, 0.3) is 0 Å². The first kappa shape index (κ1) is 16.2. The van der Waals surface area contributed by atoms with Gasteiger partial charge in [-0.1, -0.05) is 0 Å². The molecule has 1 aliphatic carbocycles. The molecule has 0 heterocycles. The lowest BCUT2D eigenvalue weighted by Crippen LogP contribution is -2.37. The van der Waals surface area contributed by atoms with Crippen molar-refractivity contribution in [2.24, 2.45) is 5.92 Å². The van der Waals surface area contributed by atoms with Gasteiger partial charge < -0.3 is 15.4 Å². The topological polar surface area (TPSA) is 67.4 Å². The molecule has 2 atom stereocenters. The van der Waals surface area contributed by atoms with Crippen molar-refractivity contribution in [1.82, 2.24) is 10.6 Å². The van der Waals surface area contributed by atoms with Gasteiger partial charge in [0, 0.05) is 12.5 Å². The highest BCUT2D eigenvalue weighted by Gasteiger charge is 2.46. The molecule has 1 saturated carbocycles. The lowest BCUT2D eigenvalue weighted by Gasteiger charge is -2.07. The Bertz CT molecular complexity index is 566. The zero-order valence-electron chi connectivity index (χ0n) is 12.2. The van der Waals surface area contributed by atoms with E-state index >= 15 is 0 Å². The van der Waals surface area contributed by atoms with Crippen molar-refractivity contribution >= 4 is 12.0 Å². The zero-order chi connectivity index (χ0) is 16.1. The standard InChI is InChI=1S/C15H18F2N2O3/c1-2-18-15(21)19-5-6-22-14(20)12-8-10(12)11-7-9(16)3-4-13(11)17/h3-4,7,10,12H,2,5-6,8H2,1H3,(H2,18,19,21). The van der Waals surface area contributed by atoms with Gasteiger partial charge in [-0.3, -0.25) is 4.79 Å². The summed E-state index contributed by atoms with van der Waals surface area (Å²) in [6.45, 7) is 2.54. The van der Waals surface area contributed by atoms with Crippen LogP contribution in [-0.4, -0.2) is 31.7 Å². The molecule has 7 heteroatoms. The average Bonchev–Trinajstić information content (AvgIpc) is 3.26. The van der Waals surface area contributed by atoms with Crippen molar-refractivity contribution in [1.29, 1.82) is 0 Å². The van der Waals surface area contributed by atoms with Crippen molar-refractivity contribution in [2.75, 3.05) is 19.7 Å². The van der Waals surface area contributed by atoms with Crippen LogP contribution in [0.4, 0.5) is 13.6 Å². The zero-order valence-corrected chi connectivity index (χ0v) is 12.2. The van der Waals surface area contributed by atoms with Gasteiger partial charge in [-0.05, 0) is 37.1 Å². The second-order valence-electron chi connectivity index (χ2n) is 5.07. The summed E-state index contributed by atoms with van der Waals surface area (Å²) in [6.07, 6.45) is 0.447. The van der Waals surface area contributed by atoms with Gasteiger partial charge >= 0.3 is 12.0 Å². The van der Waals surface area contributed by atoms with Crippen molar-refractivity contribution < 1.29 is 23.1 Å². The minimum Gasteiger partial charge on any atom is -0.464 e. The number of benzene rings is 1. The Kier molecular flexibility index (Phi) is 5.30. The monoisotopic (exact) mass is 312 g/mol. The van der Waals surface area contributed by atoms with Crippen LogP contribution in [0.2, 0.25) is 0 Å². The minimum absolute atomic E-state index is 0.0464. The summed E-state index contributed by atoms with van der Waals surface area (Å²) in [5.41, 5.74) is 0.211. The number of hydrogen-bond donors (Lipinski definition) is 2. The van der Waals surface area contributed by atoms with Crippen molar-refractivity contribution in [3.05, 3.63) is 35.4 Å². The molecule has 0 aromatic heterocycles. The molecular weight excluding hydrogens is 294 g/mol. The smallest absolute Gasteiger partial charge is 0.314 e. The first-order valence-electron chi connectivity index (χ1n) is 7.16. The molecule has 1 aromatic carbocycles. The number of carbonyl (C=O) groups is 2. The summed E-state index contributed by atoms with van der Waals surface area (Å²) in [4.78, 5) is 22.9. The fraction of sp³-hybridized carbons (Fsp3) is 0.467. The minimum atomic E-state index is -0.526. The van der Waals surface area contributed by atoms with E-state index in [0.717, 1.165) is 18.2 Å². The first-order chi connectivity index (χ1) is 10.5. The number of hydrogen-bond acceptors (Lipinski definition) is 3. The van der Waals surface area contributed by atoms with E-state index in [-0.39, 0.29) is 30.7 Å². The highest BCUT2D eigenvalue weighted by molar-refractivity contribution is 5.77. The number of esters is 1. The Hall–Kier alpha value is -2.18. The molecule has 1 aliphatic rings. The molecule has 2 unspecified atom stereocenters. The van der Waals surface area contributed by atoms with E-state index in [2.05, 4.69) is 10.6 Å². The third kappa shape index (κ3) is 4.16. The number of amides is 2. The highest BCUT2D eigenvalue weighted by atomic mass is 19.1. The fourth-order valence-electron chi connectivity index (χ4n) is 2.24. The second kappa shape index (κ2) is 7.20. The van der Waals surface area contributed by atoms with E-state index in [1.54, 1.807) is 6.92 Å². The maximum absolute atomic E-state index is 13.6. The second-order valence-corrected chi connectivity index (χ2v) is 5.07. The van der Waals surface area contributed by atoms with Gasteiger partial charge in [-0.15, -0.1) is 0 Å². The highest BCUT2D eigenvalue weighted by Crippen LogP contribution is 2.49.